The maximum atomic E-state index is 13.7. The van der Waals surface area contributed by atoms with E-state index in [9.17, 15) is 62.9 Å². The van der Waals surface area contributed by atoms with E-state index in [1.807, 2.05) is 0 Å². The van der Waals surface area contributed by atoms with Crippen LogP contribution in [0, 0.1) is 0 Å². The van der Waals surface area contributed by atoms with Crippen molar-refractivity contribution >= 4 is 32.9 Å². The molecule has 0 saturated carbocycles. The average molecular weight is 540 g/mol. The Morgan fingerprint density at radius 1 is 0.444 bits per heavy atom. The van der Waals surface area contributed by atoms with E-state index in [0.717, 1.165) is 12.1 Å². The number of nitrogens with two attached hydrogens (primary N) is 2. The zero-order chi connectivity index (χ0) is 27.9. The molecule has 0 radical (unpaired) electrons. The molecule has 0 aliphatic heterocycles. The molecule has 0 amide bonds. The maximum absolute atomic E-state index is 13.7. The molecule has 16 heteroatoms. The van der Waals surface area contributed by atoms with Gasteiger partial charge in [-0.1, -0.05) is 24.3 Å². The highest BCUT2D eigenvalue weighted by Gasteiger charge is 2.74. The lowest BCUT2D eigenvalue weighted by Crippen LogP contribution is -2.55. The van der Waals surface area contributed by atoms with Crippen LogP contribution in [0.15, 0.2) is 36.4 Å². The molecule has 0 bridgehead atoms. The fourth-order valence-electron chi connectivity index (χ4n) is 3.93. The third kappa shape index (κ3) is 3.56. The molecule has 0 heterocycles. The second-order valence-corrected chi connectivity index (χ2v) is 7.73. The highest BCUT2D eigenvalue weighted by molar-refractivity contribution is 6.14. The Labute approximate surface area is 191 Å². The van der Waals surface area contributed by atoms with Crippen LogP contribution >= 0.6 is 0 Å². The van der Waals surface area contributed by atoms with E-state index in [1.54, 1.807) is 0 Å². The number of alkyl halides is 12. The topological polar surface area (TPSA) is 92.5 Å². The number of anilines is 2. The number of nitrogen functional groups attached to an aromatic ring is 2. The van der Waals surface area contributed by atoms with Crippen LogP contribution in [0.5, 0.6) is 0 Å². The minimum absolute atomic E-state index is 0.442. The van der Waals surface area contributed by atoms with Crippen LogP contribution in [-0.2, 0) is 11.2 Å². The molecular formula is C20H12F12N2O2. The van der Waals surface area contributed by atoms with E-state index in [1.165, 1.54) is 0 Å². The summed E-state index contributed by atoms with van der Waals surface area (Å²) in [7, 11) is 0. The third-order valence-corrected chi connectivity index (χ3v) is 5.60. The minimum atomic E-state index is -6.61. The number of hydrogen-bond acceptors (Lipinski definition) is 4. The lowest BCUT2D eigenvalue weighted by molar-refractivity contribution is -0.376. The minimum Gasteiger partial charge on any atom is -0.398 e. The summed E-state index contributed by atoms with van der Waals surface area (Å²) in [6, 6.07) is 3.83. The lowest BCUT2D eigenvalue weighted by Gasteiger charge is -2.36. The van der Waals surface area contributed by atoms with Crippen molar-refractivity contribution in [3.05, 3.63) is 47.5 Å². The summed E-state index contributed by atoms with van der Waals surface area (Å²) in [6.07, 6.45) is -26.4. The maximum Gasteiger partial charge on any atom is 0.430 e. The first-order valence-corrected chi connectivity index (χ1v) is 9.27. The standard InChI is InChI=1S/C20H12F12N2O2/c21-17(22,23)15(35,18(24,25)26)13-9(33)5-3-7-1-2-8-4-6-10(34)14(12(8)11(7)13)16(36,19(27,28)29)20(30,31)32/h1-6,35-36H,33-34H2. The molecule has 0 atom stereocenters. The van der Waals surface area contributed by atoms with Gasteiger partial charge in [0.05, 0.1) is 0 Å². The van der Waals surface area contributed by atoms with Gasteiger partial charge in [-0.3, -0.25) is 0 Å². The van der Waals surface area contributed by atoms with Crippen LogP contribution in [-0.4, -0.2) is 34.9 Å². The molecule has 4 nitrogen and oxygen atoms in total. The van der Waals surface area contributed by atoms with Crippen molar-refractivity contribution in [3.63, 3.8) is 0 Å². The molecule has 6 N–H and O–H groups in total. The number of rotatable bonds is 2. The zero-order valence-electron chi connectivity index (χ0n) is 17.0. The lowest BCUT2D eigenvalue weighted by atomic mass is 9.80. The van der Waals surface area contributed by atoms with Crippen LogP contribution in [0.2, 0.25) is 0 Å². The van der Waals surface area contributed by atoms with Gasteiger partial charge >= 0.3 is 24.7 Å². The van der Waals surface area contributed by atoms with E-state index >= 15 is 0 Å². The Balaban J connectivity index is 2.80. The molecule has 0 aromatic heterocycles. The van der Waals surface area contributed by atoms with Gasteiger partial charge < -0.3 is 21.7 Å². The van der Waals surface area contributed by atoms with Crippen LogP contribution < -0.4 is 11.5 Å². The molecule has 198 valence electrons. The van der Waals surface area contributed by atoms with Gasteiger partial charge in [-0.25, -0.2) is 0 Å². The molecule has 0 unspecified atom stereocenters. The Morgan fingerprint density at radius 2 is 0.667 bits per heavy atom. The predicted molar refractivity (Wildman–Crippen MR) is 102 cm³/mol. The van der Waals surface area contributed by atoms with E-state index in [2.05, 4.69) is 0 Å². The molecule has 3 aromatic rings. The molecule has 0 aliphatic carbocycles. The molecule has 0 aliphatic rings. The van der Waals surface area contributed by atoms with Crippen molar-refractivity contribution in [1.82, 2.24) is 0 Å². The SMILES string of the molecule is Nc1ccc2ccc3ccc(N)c(C(O)(C(F)(F)F)C(F)(F)F)c3c2c1C(O)(C(F)(F)F)C(F)(F)F. The van der Waals surface area contributed by atoms with Gasteiger partial charge in [0.1, 0.15) is 0 Å². The van der Waals surface area contributed by atoms with Crippen LogP contribution in [0.4, 0.5) is 64.1 Å². The fourth-order valence-corrected chi connectivity index (χ4v) is 3.93. The van der Waals surface area contributed by atoms with Crippen molar-refractivity contribution in [3.8, 4) is 0 Å². The van der Waals surface area contributed by atoms with Crippen molar-refractivity contribution in [2.24, 2.45) is 0 Å². The zero-order valence-corrected chi connectivity index (χ0v) is 17.0. The summed E-state index contributed by atoms with van der Waals surface area (Å²) >= 11 is 0. The number of aliphatic hydroxyl groups is 2. The van der Waals surface area contributed by atoms with Gasteiger partial charge in [-0.2, -0.15) is 52.7 Å². The first-order chi connectivity index (χ1) is 16.0. The van der Waals surface area contributed by atoms with E-state index in [-0.39, 0.29) is 0 Å². The highest BCUT2D eigenvalue weighted by atomic mass is 19.4. The van der Waals surface area contributed by atoms with Gasteiger partial charge in [0.2, 0.25) is 0 Å². The van der Waals surface area contributed by atoms with Crippen LogP contribution in [0.3, 0.4) is 0 Å². The van der Waals surface area contributed by atoms with Crippen LogP contribution in [0.25, 0.3) is 21.5 Å². The summed E-state index contributed by atoms with van der Waals surface area (Å²) < 4.78 is 165. The largest absolute Gasteiger partial charge is 0.430 e. The molecular weight excluding hydrogens is 528 g/mol. The second-order valence-electron chi connectivity index (χ2n) is 7.73. The summed E-state index contributed by atoms with van der Waals surface area (Å²) in [6.45, 7) is 0. The average Bonchev–Trinajstić information content (AvgIpc) is 2.69. The molecule has 0 spiro atoms. The number of hydrogen-bond donors (Lipinski definition) is 4. The fraction of sp³-hybridized carbons (Fsp3) is 0.300. The molecule has 36 heavy (non-hydrogen) atoms. The molecule has 3 aromatic carbocycles. The Hall–Kier alpha value is -3.14. The van der Waals surface area contributed by atoms with Crippen LogP contribution in [0.1, 0.15) is 11.1 Å². The normalized spacial score (nSPS) is 14.6. The van der Waals surface area contributed by atoms with Gasteiger partial charge in [0.15, 0.2) is 0 Å². The highest BCUT2D eigenvalue weighted by Crippen LogP contribution is 2.57. The van der Waals surface area contributed by atoms with Gasteiger partial charge in [0.25, 0.3) is 11.2 Å². The Morgan fingerprint density at radius 3 is 0.889 bits per heavy atom. The quantitative estimate of drug-likeness (QED) is 0.188. The predicted octanol–water partition coefficient (Wildman–Crippen LogP) is 5.78. The second kappa shape index (κ2) is 7.68. The van der Waals surface area contributed by atoms with Gasteiger partial charge in [0, 0.05) is 22.5 Å². The van der Waals surface area contributed by atoms with Crippen molar-refractivity contribution in [1.29, 1.82) is 0 Å². The molecule has 0 fully saturated rings. The number of halogens is 12. The van der Waals surface area contributed by atoms with E-state index in [4.69, 9.17) is 11.5 Å². The van der Waals surface area contributed by atoms with Crippen molar-refractivity contribution < 1.29 is 62.9 Å². The monoisotopic (exact) mass is 540 g/mol. The summed E-state index contributed by atoms with van der Waals surface area (Å²) in [4.78, 5) is 0. The molecule has 3 rings (SSSR count). The van der Waals surface area contributed by atoms with Crippen molar-refractivity contribution in [2.45, 2.75) is 35.9 Å². The smallest absolute Gasteiger partial charge is 0.398 e. The Kier molecular flexibility index (Phi) is 5.85. The first-order valence-electron chi connectivity index (χ1n) is 9.27. The molecule has 0 saturated heterocycles. The van der Waals surface area contributed by atoms with E-state index in [0.29, 0.717) is 24.3 Å². The van der Waals surface area contributed by atoms with Gasteiger partial charge in [-0.15, -0.1) is 0 Å². The Bertz CT molecular complexity index is 1210. The number of fused-ring (bicyclic) bond motifs is 3. The van der Waals surface area contributed by atoms with Crippen molar-refractivity contribution in [2.75, 3.05) is 11.5 Å². The van der Waals surface area contributed by atoms with E-state index < -0.39 is 80.0 Å². The summed E-state index contributed by atoms with van der Waals surface area (Å²) in [5.74, 6) is 0. The summed E-state index contributed by atoms with van der Waals surface area (Å²) in [5.41, 5.74) is -8.56. The van der Waals surface area contributed by atoms with Gasteiger partial charge in [-0.05, 0) is 33.7 Å². The first kappa shape index (κ1) is 27.4. The third-order valence-electron chi connectivity index (χ3n) is 5.60. The summed E-state index contributed by atoms with van der Waals surface area (Å²) in [5, 5.41) is 15.3. The number of benzene rings is 3.